The maximum Gasteiger partial charge on any atom is 0.126 e. The molecule has 1 fully saturated rings. The highest BCUT2D eigenvalue weighted by Gasteiger charge is 2.29. The third-order valence-corrected chi connectivity index (χ3v) is 4.13. The molecule has 0 aromatic carbocycles. The summed E-state index contributed by atoms with van der Waals surface area (Å²) in [5.74, 6) is 1.01. The lowest BCUT2D eigenvalue weighted by molar-refractivity contribution is 0.187. The van der Waals surface area contributed by atoms with Gasteiger partial charge in [0.05, 0.1) is 5.69 Å². The van der Waals surface area contributed by atoms with E-state index in [0.29, 0.717) is 6.04 Å². The lowest BCUT2D eigenvalue weighted by Crippen LogP contribution is -2.33. The van der Waals surface area contributed by atoms with Crippen LogP contribution in [0.25, 0.3) is 0 Å². The summed E-state index contributed by atoms with van der Waals surface area (Å²) in [6.07, 6.45) is 5.04. The van der Waals surface area contributed by atoms with Crippen molar-refractivity contribution in [2.75, 3.05) is 11.9 Å². The molecule has 1 aromatic heterocycles. The molecule has 1 aromatic rings. The monoisotopic (exact) mass is 261 g/mol. The molecule has 3 nitrogen and oxygen atoms in total. The van der Waals surface area contributed by atoms with Crippen molar-refractivity contribution in [2.45, 2.75) is 65.1 Å². The number of nitrogens with zero attached hydrogens (tertiary/aromatic N) is 2. The standard InChI is InChI=1S/C16H27N3/c1-4-11-17-16-8-6-7-14(18-16)12-19-13(3)9-10-15(19)5-2/h6-8,13,15H,4-5,9-12H2,1-3H3,(H,17,18). The second kappa shape index (κ2) is 6.90. The van der Waals surface area contributed by atoms with Crippen LogP contribution >= 0.6 is 0 Å². The molecule has 0 spiro atoms. The number of anilines is 1. The van der Waals surface area contributed by atoms with Gasteiger partial charge in [-0.3, -0.25) is 4.90 Å². The molecular formula is C16H27N3. The van der Waals surface area contributed by atoms with E-state index < -0.39 is 0 Å². The van der Waals surface area contributed by atoms with Gasteiger partial charge >= 0.3 is 0 Å². The van der Waals surface area contributed by atoms with Gasteiger partial charge in [0.15, 0.2) is 0 Å². The summed E-state index contributed by atoms with van der Waals surface area (Å²) in [7, 11) is 0. The van der Waals surface area contributed by atoms with Crippen LogP contribution in [0.2, 0.25) is 0 Å². The van der Waals surface area contributed by atoms with Crippen LogP contribution in [0.3, 0.4) is 0 Å². The van der Waals surface area contributed by atoms with Crippen molar-refractivity contribution in [2.24, 2.45) is 0 Å². The van der Waals surface area contributed by atoms with E-state index in [2.05, 4.69) is 49.2 Å². The van der Waals surface area contributed by atoms with Gasteiger partial charge in [-0.05, 0) is 44.7 Å². The first-order valence-electron chi connectivity index (χ1n) is 7.70. The lowest BCUT2D eigenvalue weighted by atomic mass is 10.1. The zero-order valence-electron chi connectivity index (χ0n) is 12.5. The molecule has 1 saturated heterocycles. The van der Waals surface area contributed by atoms with Crippen molar-refractivity contribution in [1.82, 2.24) is 9.88 Å². The first kappa shape index (κ1) is 14.3. The largest absolute Gasteiger partial charge is 0.370 e. The highest BCUT2D eigenvalue weighted by Crippen LogP contribution is 2.27. The maximum absolute atomic E-state index is 4.72. The van der Waals surface area contributed by atoms with Crippen LogP contribution in [-0.2, 0) is 6.54 Å². The summed E-state index contributed by atoms with van der Waals surface area (Å²) >= 11 is 0. The van der Waals surface area contributed by atoms with Gasteiger partial charge < -0.3 is 5.32 Å². The number of aromatic nitrogens is 1. The molecule has 2 unspecified atom stereocenters. The summed E-state index contributed by atoms with van der Waals surface area (Å²) in [6, 6.07) is 7.75. The molecule has 0 radical (unpaired) electrons. The first-order chi connectivity index (χ1) is 9.24. The quantitative estimate of drug-likeness (QED) is 0.847. The van der Waals surface area contributed by atoms with Crippen LogP contribution in [0.15, 0.2) is 18.2 Å². The van der Waals surface area contributed by atoms with Crippen LogP contribution in [0, 0.1) is 0 Å². The predicted molar refractivity (Wildman–Crippen MR) is 81.3 cm³/mol. The molecule has 0 bridgehead atoms. The Kier molecular flexibility index (Phi) is 5.20. The van der Waals surface area contributed by atoms with Crippen LogP contribution in [0.5, 0.6) is 0 Å². The number of hydrogen-bond acceptors (Lipinski definition) is 3. The second-order valence-corrected chi connectivity index (χ2v) is 5.60. The Hall–Kier alpha value is -1.09. The van der Waals surface area contributed by atoms with Gasteiger partial charge in [-0.25, -0.2) is 4.98 Å². The second-order valence-electron chi connectivity index (χ2n) is 5.60. The van der Waals surface area contributed by atoms with Crippen molar-refractivity contribution in [3.63, 3.8) is 0 Å². The van der Waals surface area contributed by atoms with Crippen molar-refractivity contribution < 1.29 is 0 Å². The maximum atomic E-state index is 4.72. The van der Waals surface area contributed by atoms with E-state index in [0.717, 1.165) is 31.4 Å². The molecule has 3 heteroatoms. The average Bonchev–Trinajstić information content (AvgIpc) is 2.78. The number of likely N-dealkylation sites (tertiary alicyclic amines) is 1. The van der Waals surface area contributed by atoms with Gasteiger partial charge in [0.2, 0.25) is 0 Å². The Bertz CT molecular complexity index is 391. The first-order valence-corrected chi connectivity index (χ1v) is 7.70. The van der Waals surface area contributed by atoms with E-state index in [1.165, 1.54) is 25.0 Å². The Morgan fingerprint density at radius 1 is 1.32 bits per heavy atom. The van der Waals surface area contributed by atoms with Crippen molar-refractivity contribution in [3.05, 3.63) is 23.9 Å². The van der Waals surface area contributed by atoms with Gasteiger partial charge in [0, 0.05) is 25.2 Å². The summed E-state index contributed by atoms with van der Waals surface area (Å²) < 4.78 is 0. The van der Waals surface area contributed by atoms with Crippen LogP contribution in [-0.4, -0.2) is 28.5 Å². The number of hydrogen-bond donors (Lipinski definition) is 1. The SMILES string of the molecule is CCCNc1cccc(CN2C(C)CCC2CC)n1. The molecule has 1 aliphatic rings. The molecular weight excluding hydrogens is 234 g/mol. The van der Waals surface area contributed by atoms with Gasteiger partial charge in [-0.2, -0.15) is 0 Å². The van der Waals surface area contributed by atoms with E-state index >= 15 is 0 Å². The summed E-state index contributed by atoms with van der Waals surface area (Å²) in [5.41, 5.74) is 1.19. The Balaban J connectivity index is 2.01. The van der Waals surface area contributed by atoms with Crippen molar-refractivity contribution in [1.29, 1.82) is 0 Å². The number of nitrogens with one attached hydrogen (secondary N) is 1. The Morgan fingerprint density at radius 3 is 2.89 bits per heavy atom. The molecule has 0 aliphatic carbocycles. The minimum absolute atomic E-state index is 0.694. The van der Waals surface area contributed by atoms with Crippen LogP contribution in [0.1, 0.15) is 52.1 Å². The fourth-order valence-corrected chi connectivity index (χ4v) is 2.95. The highest BCUT2D eigenvalue weighted by atomic mass is 15.2. The molecule has 1 N–H and O–H groups in total. The molecule has 0 saturated carbocycles. The van der Waals surface area contributed by atoms with Gasteiger partial charge in [-0.1, -0.05) is 19.9 Å². The third-order valence-electron chi connectivity index (χ3n) is 4.13. The fraction of sp³-hybridized carbons (Fsp3) is 0.688. The van der Waals surface area contributed by atoms with Crippen LogP contribution < -0.4 is 5.32 Å². The molecule has 2 rings (SSSR count). The summed E-state index contributed by atoms with van der Waals surface area (Å²) in [4.78, 5) is 7.34. The van der Waals surface area contributed by atoms with E-state index in [-0.39, 0.29) is 0 Å². The van der Waals surface area contributed by atoms with Gasteiger partial charge in [0.25, 0.3) is 0 Å². The molecule has 1 aliphatic heterocycles. The fourth-order valence-electron chi connectivity index (χ4n) is 2.95. The van der Waals surface area contributed by atoms with Gasteiger partial charge in [-0.15, -0.1) is 0 Å². The zero-order valence-corrected chi connectivity index (χ0v) is 12.5. The van der Waals surface area contributed by atoms with E-state index in [1.54, 1.807) is 0 Å². The minimum atomic E-state index is 0.694. The topological polar surface area (TPSA) is 28.2 Å². The van der Waals surface area contributed by atoms with E-state index in [4.69, 9.17) is 4.98 Å². The molecule has 0 amide bonds. The van der Waals surface area contributed by atoms with E-state index in [9.17, 15) is 0 Å². The Labute approximate surface area is 117 Å². The average molecular weight is 261 g/mol. The third kappa shape index (κ3) is 3.69. The number of pyridine rings is 1. The summed E-state index contributed by atoms with van der Waals surface area (Å²) in [6.45, 7) is 8.79. The molecule has 2 atom stereocenters. The summed E-state index contributed by atoms with van der Waals surface area (Å²) in [5, 5.41) is 3.37. The van der Waals surface area contributed by atoms with Gasteiger partial charge in [0.1, 0.15) is 5.82 Å². The molecule has 19 heavy (non-hydrogen) atoms. The number of rotatable bonds is 6. The lowest BCUT2D eigenvalue weighted by Gasteiger charge is -2.27. The van der Waals surface area contributed by atoms with Crippen molar-refractivity contribution >= 4 is 5.82 Å². The van der Waals surface area contributed by atoms with Crippen molar-refractivity contribution in [3.8, 4) is 0 Å². The molecule has 106 valence electrons. The smallest absolute Gasteiger partial charge is 0.126 e. The zero-order chi connectivity index (χ0) is 13.7. The van der Waals surface area contributed by atoms with E-state index in [1.807, 2.05) is 0 Å². The Morgan fingerprint density at radius 2 is 2.16 bits per heavy atom. The predicted octanol–water partition coefficient (Wildman–Crippen LogP) is 3.67. The molecule has 2 heterocycles. The minimum Gasteiger partial charge on any atom is -0.370 e. The highest BCUT2D eigenvalue weighted by molar-refractivity contribution is 5.35. The van der Waals surface area contributed by atoms with Crippen LogP contribution in [0.4, 0.5) is 5.82 Å². The normalized spacial score (nSPS) is 23.7.